The smallest absolute Gasteiger partial charge is 0.233 e. The third-order valence-corrected chi connectivity index (χ3v) is 7.13. The van der Waals surface area contributed by atoms with Gasteiger partial charge in [-0.25, -0.2) is 0 Å². The molecule has 1 aliphatic carbocycles. The van der Waals surface area contributed by atoms with Gasteiger partial charge in [-0.1, -0.05) is 25.0 Å². The molecule has 2 saturated heterocycles. The van der Waals surface area contributed by atoms with Crippen LogP contribution in [0.1, 0.15) is 49.7 Å². The van der Waals surface area contributed by atoms with Gasteiger partial charge >= 0.3 is 0 Å². The summed E-state index contributed by atoms with van der Waals surface area (Å²) in [7, 11) is 1.72. The number of aryl methyl sites for hydroxylation is 1. The number of methoxy groups -OCH3 is 1. The molecule has 0 spiro atoms. The maximum Gasteiger partial charge on any atom is 0.233 e. The van der Waals surface area contributed by atoms with E-state index in [-0.39, 0.29) is 5.41 Å². The van der Waals surface area contributed by atoms with E-state index in [1.165, 1.54) is 0 Å². The second kappa shape index (κ2) is 7.22. The Bertz CT molecular complexity index is 652. The van der Waals surface area contributed by atoms with Crippen molar-refractivity contribution in [1.82, 2.24) is 10.2 Å². The summed E-state index contributed by atoms with van der Waals surface area (Å²) >= 11 is 0. The van der Waals surface area contributed by atoms with E-state index in [2.05, 4.69) is 35.3 Å². The molecule has 1 aromatic rings. The highest BCUT2D eigenvalue weighted by molar-refractivity contribution is 5.89. The van der Waals surface area contributed by atoms with Gasteiger partial charge in [0.1, 0.15) is 5.75 Å². The minimum absolute atomic E-state index is 0.335. The number of carbonyl (C=O) groups is 1. The normalized spacial score (nSPS) is 27.8. The topological polar surface area (TPSA) is 41.6 Å². The molecule has 3 aliphatic rings. The van der Waals surface area contributed by atoms with E-state index < -0.39 is 0 Å². The van der Waals surface area contributed by atoms with E-state index in [1.807, 2.05) is 0 Å². The van der Waals surface area contributed by atoms with Crippen molar-refractivity contribution in [3.8, 4) is 5.75 Å². The molecule has 4 heteroatoms. The summed E-state index contributed by atoms with van der Waals surface area (Å²) in [6, 6.07) is 6.40. The van der Waals surface area contributed by atoms with Gasteiger partial charge in [0.05, 0.1) is 12.5 Å². The van der Waals surface area contributed by atoms with Crippen molar-refractivity contribution in [2.75, 3.05) is 33.3 Å². The Balaban J connectivity index is 1.60. The molecule has 0 unspecified atom stereocenters. The van der Waals surface area contributed by atoms with E-state index in [0.717, 1.165) is 93.4 Å². The first kappa shape index (κ1) is 17.8. The summed E-state index contributed by atoms with van der Waals surface area (Å²) < 4.78 is 5.55. The number of nitrogens with one attached hydrogen (secondary N) is 1. The number of fused-ring (bicyclic) bond motifs is 1. The van der Waals surface area contributed by atoms with Crippen LogP contribution in [0, 0.1) is 18.8 Å². The molecule has 1 amide bonds. The number of ether oxygens (including phenoxy) is 1. The van der Waals surface area contributed by atoms with E-state index in [0.29, 0.717) is 5.91 Å². The van der Waals surface area contributed by atoms with Gasteiger partial charge in [-0.15, -0.1) is 0 Å². The predicted octanol–water partition coefficient (Wildman–Crippen LogP) is 3.27. The fourth-order valence-corrected chi connectivity index (χ4v) is 5.45. The maximum absolute atomic E-state index is 13.7. The number of hydrogen-bond donors (Lipinski definition) is 1. The number of likely N-dealkylation sites (tertiary alicyclic amines) is 1. The Morgan fingerprint density at radius 2 is 1.81 bits per heavy atom. The first-order chi connectivity index (χ1) is 12.6. The van der Waals surface area contributed by atoms with E-state index in [1.54, 1.807) is 7.11 Å². The van der Waals surface area contributed by atoms with Crippen LogP contribution in [0.4, 0.5) is 0 Å². The average molecular weight is 357 g/mol. The lowest BCUT2D eigenvalue weighted by Gasteiger charge is -2.35. The van der Waals surface area contributed by atoms with E-state index in [4.69, 9.17) is 4.74 Å². The number of amides is 1. The third kappa shape index (κ3) is 3.02. The molecule has 1 saturated carbocycles. The highest BCUT2D eigenvalue weighted by Gasteiger charge is 2.46. The van der Waals surface area contributed by atoms with Crippen molar-refractivity contribution in [1.29, 1.82) is 0 Å². The minimum atomic E-state index is -0.335. The molecule has 2 aliphatic heterocycles. The fraction of sp³-hybridized carbons (Fsp3) is 0.682. The van der Waals surface area contributed by atoms with Crippen LogP contribution in [0.5, 0.6) is 5.75 Å². The average Bonchev–Trinajstić information content (AvgIpc) is 3.28. The van der Waals surface area contributed by atoms with Crippen LogP contribution >= 0.6 is 0 Å². The van der Waals surface area contributed by atoms with Crippen LogP contribution < -0.4 is 10.1 Å². The van der Waals surface area contributed by atoms with Crippen molar-refractivity contribution in [2.24, 2.45) is 11.8 Å². The predicted molar refractivity (Wildman–Crippen MR) is 104 cm³/mol. The third-order valence-electron chi connectivity index (χ3n) is 7.13. The first-order valence-corrected chi connectivity index (χ1v) is 10.3. The highest BCUT2D eigenvalue weighted by Crippen LogP contribution is 2.44. The van der Waals surface area contributed by atoms with Crippen molar-refractivity contribution >= 4 is 5.91 Å². The van der Waals surface area contributed by atoms with Crippen LogP contribution in [0.25, 0.3) is 0 Å². The summed E-state index contributed by atoms with van der Waals surface area (Å²) in [5.74, 6) is 2.78. The molecule has 4 rings (SSSR count). The lowest BCUT2D eigenvalue weighted by atomic mass is 9.77. The Labute approximate surface area is 157 Å². The number of rotatable bonds is 3. The molecule has 4 nitrogen and oxygen atoms in total. The van der Waals surface area contributed by atoms with Crippen molar-refractivity contribution < 1.29 is 9.53 Å². The second-order valence-corrected chi connectivity index (χ2v) is 8.52. The monoisotopic (exact) mass is 356 g/mol. The summed E-state index contributed by atoms with van der Waals surface area (Å²) in [5, 5.41) is 3.53. The minimum Gasteiger partial charge on any atom is -0.496 e. The van der Waals surface area contributed by atoms with Crippen LogP contribution in [-0.4, -0.2) is 44.1 Å². The summed E-state index contributed by atoms with van der Waals surface area (Å²) in [6.07, 6.45) is 6.54. The van der Waals surface area contributed by atoms with Crippen molar-refractivity contribution in [2.45, 2.75) is 50.9 Å². The summed E-state index contributed by atoms with van der Waals surface area (Å²) in [6.45, 7) is 6.17. The fourth-order valence-electron chi connectivity index (χ4n) is 5.45. The number of nitrogens with zero attached hydrogens (tertiary/aromatic N) is 1. The molecular weight excluding hydrogens is 324 g/mol. The lowest BCUT2D eigenvalue weighted by molar-refractivity contribution is -0.137. The molecule has 0 bridgehead atoms. The van der Waals surface area contributed by atoms with Gasteiger partial charge in [0.2, 0.25) is 5.91 Å². The quantitative estimate of drug-likeness (QED) is 0.904. The van der Waals surface area contributed by atoms with Gasteiger partial charge in [0, 0.05) is 13.1 Å². The van der Waals surface area contributed by atoms with E-state index >= 15 is 0 Å². The zero-order valence-electron chi connectivity index (χ0n) is 16.2. The molecule has 142 valence electrons. The number of hydrogen-bond acceptors (Lipinski definition) is 3. The van der Waals surface area contributed by atoms with Crippen LogP contribution in [0.15, 0.2) is 18.2 Å². The van der Waals surface area contributed by atoms with Gasteiger partial charge in [-0.05, 0) is 74.7 Å². The molecule has 0 radical (unpaired) electrons. The molecule has 3 fully saturated rings. The van der Waals surface area contributed by atoms with Gasteiger partial charge in [-0.3, -0.25) is 4.79 Å². The van der Waals surface area contributed by atoms with Crippen molar-refractivity contribution in [3.05, 3.63) is 29.3 Å². The largest absolute Gasteiger partial charge is 0.496 e. The van der Waals surface area contributed by atoms with Crippen LogP contribution in [-0.2, 0) is 10.2 Å². The molecular formula is C22H32N2O2. The van der Waals surface area contributed by atoms with Gasteiger partial charge in [0.25, 0.3) is 0 Å². The maximum atomic E-state index is 13.7. The Morgan fingerprint density at radius 1 is 1.15 bits per heavy atom. The second-order valence-electron chi connectivity index (χ2n) is 8.52. The van der Waals surface area contributed by atoms with Gasteiger partial charge in [0.15, 0.2) is 0 Å². The lowest BCUT2D eigenvalue weighted by Crippen LogP contribution is -2.46. The van der Waals surface area contributed by atoms with Crippen molar-refractivity contribution in [3.63, 3.8) is 0 Å². The SMILES string of the molecule is COc1cc(C2(C(=O)N3CC[C@@H]4CNC[C@@H]4CC3)CCCC2)ccc1C. The molecule has 2 heterocycles. The number of benzene rings is 1. The highest BCUT2D eigenvalue weighted by atomic mass is 16.5. The Hall–Kier alpha value is -1.55. The molecule has 26 heavy (non-hydrogen) atoms. The summed E-state index contributed by atoms with van der Waals surface area (Å²) in [5.41, 5.74) is 1.96. The molecule has 2 atom stereocenters. The van der Waals surface area contributed by atoms with E-state index in [9.17, 15) is 4.79 Å². The van der Waals surface area contributed by atoms with Crippen LogP contribution in [0.2, 0.25) is 0 Å². The summed E-state index contributed by atoms with van der Waals surface area (Å²) in [4.78, 5) is 15.9. The van der Waals surface area contributed by atoms with Gasteiger partial charge in [-0.2, -0.15) is 0 Å². The zero-order chi connectivity index (χ0) is 18.1. The number of carbonyl (C=O) groups excluding carboxylic acids is 1. The van der Waals surface area contributed by atoms with Crippen LogP contribution in [0.3, 0.4) is 0 Å². The molecule has 1 N–H and O–H groups in total. The Morgan fingerprint density at radius 3 is 2.42 bits per heavy atom. The Kier molecular flexibility index (Phi) is 4.96. The van der Waals surface area contributed by atoms with Gasteiger partial charge < -0.3 is 15.0 Å². The zero-order valence-corrected chi connectivity index (χ0v) is 16.2. The molecule has 0 aromatic heterocycles. The standard InChI is InChI=1S/C22H32N2O2/c1-16-5-6-19(13-20(16)26-2)22(9-3-4-10-22)21(25)24-11-7-17-14-23-15-18(17)8-12-24/h5-6,13,17-18,23H,3-4,7-12,14-15H2,1-2H3/t17-,18+. The first-order valence-electron chi connectivity index (χ1n) is 10.3. The molecule has 1 aromatic carbocycles.